The van der Waals surface area contributed by atoms with E-state index in [4.69, 9.17) is 18.9 Å². The molecular formula is C42H48N4O8. The van der Waals surface area contributed by atoms with Crippen LogP contribution < -0.4 is 11.2 Å². The van der Waals surface area contributed by atoms with Crippen LogP contribution in [0.4, 0.5) is 9.59 Å². The first-order valence-corrected chi connectivity index (χ1v) is 19.0. The van der Waals surface area contributed by atoms with E-state index in [9.17, 15) is 19.2 Å². The number of nitrogens with zero attached hydrogens (tertiary/aromatic N) is 3. The number of amides is 1. The summed E-state index contributed by atoms with van der Waals surface area (Å²) >= 11 is 0. The molecule has 2 fully saturated rings. The van der Waals surface area contributed by atoms with Crippen molar-refractivity contribution in [1.82, 2.24) is 19.4 Å². The molecule has 0 spiro atoms. The van der Waals surface area contributed by atoms with Crippen LogP contribution in [-0.2, 0) is 25.5 Å². The van der Waals surface area contributed by atoms with Gasteiger partial charge in [0, 0.05) is 56.3 Å². The number of H-pyrrole nitrogens is 1. The van der Waals surface area contributed by atoms with Crippen LogP contribution in [0.5, 0.6) is 0 Å². The van der Waals surface area contributed by atoms with Crippen LogP contribution in [0.1, 0.15) is 73.4 Å². The average Bonchev–Trinajstić information content (AvgIpc) is 3.74. The Balaban J connectivity index is 0.965. The molecule has 2 saturated heterocycles. The molecule has 0 saturated carbocycles. The van der Waals surface area contributed by atoms with Gasteiger partial charge in [0.15, 0.2) is 0 Å². The van der Waals surface area contributed by atoms with Crippen molar-refractivity contribution in [3.05, 3.63) is 128 Å². The Hall–Kier alpha value is -5.20. The van der Waals surface area contributed by atoms with E-state index in [0.717, 1.165) is 24.8 Å². The molecule has 0 radical (unpaired) electrons. The lowest BCUT2D eigenvalue weighted by molar-refractivity contribution is -0.0385. The Morgan fingerprint density at radius 1 is 0.926 bits per heavy atom. The van der Waals surface area contributed by atoms with Gasteiger partial charge in [-0.1, -0.05) is 85.8 Å². The van der Waals surface area contributed by atoms with Gasteiger partial charge in [-0.2, -0.15) is 0 Å². The van der Waals surface area contributed by atoms with Crippen molar-refractivity contribution in [2.75, 3.05) is 32.8 Å². The average molecular weight is 737 g/mol. The third-order valence-corrected chi connectivity index (χ3v) is 10.8. The zero-order valence-corrected chi connectivity index (χ0v) is 30.9. The van der Waals surface area contributed by atoms with Crippen molar-refractivity contribution in [3.8, 4) is 11.1 Å². The minimum atomic E-state index is -0.815. The summed E-state index contributed by atoms with van der Waals surface area (Å²) in [5.74, 6) is -0.0127. The van der Waals surface area contributed by atoms with Gasteiger partial charge in [-0.05, 0) is 60.4 Å². The molecule has 3 heterocycles. The summed E-state index contributed by atoms with van der Waals surface area (Å²) in [5.41, 5.74) is 5.20. The van der Waals surface area contributed by atoms with Crippen LogP contribution in [0.3, 0.4) is 0 Å². The summed E-state index contributed by atoms with van der Waals surface area (Å²) in [6.45, 7) is 6.11. The first kappa shape index (κ1) is 37.1. The fourth-order valence-corrected chi connectivity index (χ4v) is 8.06. The summed E-state index contributed by atoms with van der Waals surface area (Å²) in [6, 6.07) is 26.7. The van der Waals surface area contributed by atoms with Gasteiger partial charge in [-0.3, -0.25) is 19.2 Å². The number of hydrogen-bond acceptors (Lipinski definition) is 9. The molecule has 3 aliphatic rings. The van der Waals surface area contributed by atoms with E-state index < -0.39 is 35.8 Å². The van der Waals surface area contributed by atoms with Crippen molar-refractivity contribution in [2.24, 2.45) is 0 Å². The number of carbonyl (C=O) groups excluding carboxylic acids is 2. The van der Waals surface area contributed by atoms with Crippen molar-refractivity contribution in [1.29, 1.82) is 0 Å². The Morgan fingerprint density at radius 3 is 2.35 bits per heavy atom. The maximum Gasteiger partial charge on any atom is 0.508 e. The first-order valence-electron chi connectivity index (χ1n) is 19.0. The molecular weight excluding hydrogens is 688 g/mol. The summed E-state index contributed by atoms with van der Waals surface area (Å²) < 4.78 is 24.8. The van der Waals surface area contributed by atoms with Crippen LogP contribution in [0.15, 0.2) is 94.6 Å². The van der Waals surface area contributed by atoms with E-state index in [1.54, 1.807) is 6.92 Å². The van der Waals surface area contributed by atoms with Crippen molar-refractivity contribution < 1.29 is 28.5 Å². The number of nitrogens with one attached hydrogen (secondary N) is 1. The zero-order valence-electron chi connectivity index (χ0n) is 30.9. The minimum absolute atomic E-state index is 0.0127. The molecule has 284 valence electrons. The van der Waals surface area contributed by atoms with Gasteiger partial charge in [-0.15, -0.1) is 0 Å². The Labute approximate surface area is 314 Å². The number of likely N-dealkylation sites (tertiary alicyclic amines) is 1. The van der Waals surface area contributed by atoms with Gasteiger partial charge in [0.1, 0.15) is 25.5 Å². The SMILES string of the molecule is CC[C@H]1O[C@@H](n2cc(C)c(=O)[nH]c2=O)CC1OC(=O)OCCN(Cc1ccccc1)CC1CCCCN1C(=O)OCC1c2ccccc2-c2ccccc21. The summed E-state index contributed by atoms with van der Waals surface area (Å²) in [7, 11) is 0. The number of aryl methyl sites for hydroxylation is 1. The zero-order chi connectivity index (χ0) is 37.6. The molecule has 12 heteroatoms. The van der Waals surface area contributed by atoms with Gasteiger partial charge in [0.25, 0.3) is 5.56 Å². The topological polar surface area (TPSA) is 132 Å². The number of fused-ring (bicyclic) bond motifs is 3. The summed E-state index contributed by atoms with van der Waals surface area (Å²) in [6.07, 6.45) is 2.15. The first-order chi connectivity index (χ1) is 26.3. The fourth-order valence-electron chi connectivity index (χ4n) is 8.06. The maximum atomic E-state index is 13.8. The highest BCUT2D eigenvalue weighted by atomic mass is 16.7. The molecule has 54 heavy (non-hydrogen) atoms. The van der Waals surface area contributed by atoms with Gasteiger partial charge in [0.05, 0.1) is 6.10 Å². The van der Waals surface area contributed by atoms with Gasteiger partial charge < -0.3 is 23.8 Å². The number of piperidine rings is 1. The van der Waals surface area contributed by atoms with E-state index in [-0.39, 0.29) is 37.7 Å². The monoisotopic (exact) mass is 736 g/mol. The summed E-state index contributed by atoms with van der Waals surface area (Å²) in [5, 5.41) is 0. The molecule has 3 aromatic carbocycles. The predicted octanol–water partition coefficient (Wildman–Crippen LogP) is 6.37. The smallest absolute Gasteiger partial charge is 0.448 e. The lowest BCUT2D eigenvalue weighted by Gasteiger charge is -2.38. The molecule has 4 aromatic rings. The molecule has 1 amide bonds. The molecule has 7 rings (SSSR count). The predicted molar refractivity (Wildman–Crippen MR) is 202 cm³/mol. The highest BCUT2D eigenvalue weighted by Crippen LogP contribution is 2.44. The van der Waals surface area contributed by atoms with E-state index in [1.165, 1.54) is 33.0 Å². The lowest BCUT2D eigenvalue weighted by Crippen LogP contribution is -2.50. The number of rotatable bonds is 12. The molecule has 2 unspecified atom stereocenters. The molecule has 1 aromatic heterocycles. The van der Waals surface area contributed by atoms with Crippen LogP contribution >= 0.6 is 0 Å². The largest absolute Gasteiger partial charge is 0.508 e. The molecule has 0 bridgehead atoms. The van der Waals surface area contributed by atoms with Crippen LogP contribution in [-0.4, -0.2) is 82.7 Å². The van der Waals surface area contributed by atoms with Gasteiger partial charge in [0.2, 0.25) is 0 Å². The Morgan fingerprint density at radius 2 is 1.63 bits per heavy atom. The van der Waals surface area contributed by atoms with Crippen LogP contribution in [0.25, 0.3) is 11.1 Å². The fraction of sp³-hybridized carbons (Fsp3) is 0.429. The molecule has 2 aliphatic heterocycles. The van der Waals surface area contributed by atoms with Gasteiger partial charge >= 0.3 is 17.9 Å². The van der Waals surface area contributed by atoms with Crippen molar-refractivity contribution in [2.45, 2.75) is 82.9 Å². The number of benzene rings is 3. The van der Waals surface area contributed by atoms with Crippen LogP contribution in [0.2, 0.25) is 0 Å². The maximum absolute atomic E-state index is 13.8. The highest BCUT2D eigenvalue weighted by Gasteiger charge is 2.39. The van der Waals surface area contributed by atoms with E-state index in [2.05, 4.69) is 46.3 Å². The minimum Gasteiger partial charge on any atom is -0.448 e. The normalized spacial score (nSPS) is 20.8. The number of aromatic nitrogens is 2. The molecule has 4 atom stereocenters. The summed E-state index contributed by atoms with van der Waals surface area (Å²) in [4.78, 5) is 57.4. The molecule has 1 aliphatic carbocycles. The molecule has 12 nitrogen and oxygen atoms in total. The Bertz CT molecular complexity index is 2000. The van der Waals surface area contributed by atoms with E-state index >= 15 is 0 Å². The van der Waals surface area contributed by atoms with Gasteiger partial charge in [-0.25, -0.2) is 14.4 Å². The number of hydrogen-bond donors (Lipinski definition) is 1. The van der Waals surface area contributed by atoms with E-state index in [1.807, 2.05) is 54.3 Å². The lowest BCUT2D eigenvalue weighted by atomic mass is 9.98. The third-order valence-electron chi connectivity index (χ3n) is 10.8. The second-order valence-electron chi connectivity index (χ2n) is 14.4. The van der Waals surface area contributed by atoms with Crippen molar-refractivity contribution >= 4 is 12.2 Å². The number of ether oxygens (including phenoxy) is 4. The quantitative estimate of drug-likeness (QED) is 0.165. The second-order valence-corrected chi connectivity index (χ2v) is 14.4. The van der Waals surface area contributed by atoms with Crippen molar-refractivity contribution in [3.63, 3.8) is 0 Å². The molecule has 1 N–H and O–H groups in total. The number of carbonyl (C=O) groups is 2. The highest BCUT2D eigenvalue weighted by molar-refractivity contribution is 5.79. The van der Waals surface area contributed by atoms with Crippen LogP contribution in [0, 0.1) is 6.92 Å². The standard InChI is InChI=1S/C42H48N4O8/c1-3-36-37(23-38(53-36)46-24-28(2)39(47)43-40(46)48)54-42(50)51-22-21-44(25-29-13-5-4-6-14-29)26-30-15-11-12-20-45(30)41(49)52-27-35-33-18-9-7-16-31(33)32-17-8-10-19-34(32)35/h4-10,13-14,16-19,24,30,35-38H,3,11-12,15,20-23,25-27H2,1-2H3,(H,43,47,48)/t30?,36-,37?,38-/m1/s1. The van der Waals surface area contributed by atoms with E-state index in [0.29, 0.717) is 38.2 Å². The Kier molecular flexibility index (Phi) is 11.6. The third kappa shape index (κ3) is 8.29. The second kappa shape index (κ2) is 16.9. The number of aromatic amines is 1.